The van der Waals surface area contributed by atoms with Crippen LogP contribution >= 0.6 is 0 Å². The summed E-state index contributed by atoms with van der Waals surface area (Å²) in [5.41, 5.74) is 0.229. The second-order valence-electron chi connectivity index (χ2n) is 6.91. The minimum absolute atomic E-state index is 0.0427. The molecule has 1 aromatic carbocycles. The molecule has 1 saturated heterocycles. The van der Waals surface area contributed by atoms with Gasteiger partial charge in [-0.05, 0) is 26.3 Å². The number of hydrogen-bond acceptors (Lipinski definition) is 5. The minimum atomic E-state index is -0.649. The highest BCUT2D eigenvalue weighted by Crippen LogP contribution is 2.20. The van der Waals surface area contributed by atoms with Crippen LogP contribution in [0.5, 0.6) is 0 Å². The second kappa shape index (κ2) is 8.00. The topological polar surface area (TPSA) is 76.2 Å². The predicted octanol–water partition coefficient (Wildman–Crippen LogP) is 2.79. The average molecular weight is 348 g/mol. The predicted molar refractivity (Wildman–Crippen MR) is 90.7 cm³/mol. The van der Waals surface area contributed by atoms with Crippen molar-refractivity contribution in [1.29, 1.82) is 0 Å². The highest BCUT2D eigenvalue weighted by atomic mass is 16.6. The molecule has 0 saturated carbocycles. The summed E-state index contributed by atoms with van der Waals surface area (Å²) in [5.74, 6) is 0. The van der Waals surface area contributed by atoms with E-state index in [-0.39, 0.29) is 26.2 Å². The molecule has 0 spiro atoms. The molecule has 1 heterocycles. The first kappa shape index (κ1) is 18.8. The Morgan fingerprint density at radius 3 is 2.48 bits per heavy atom. The van der Waals surface area contributed by atoms with E-state index in [1.165, 1.54) is 9.80 Å². The molecule has 0 N–H and O–H groups in total. The van der Waals surface area contributed by atoms with Gasteiger partial charge in [-0.3, -0.25) is 9.80 Å². The quantitative estimate of drug-likeness (QED) is 0.782. The third-order valence-electron chi connectivity index (χ3n) is 3.65. The Hall–Kier alpha value is -2.57. The van der Waals surface area contributed by atoms with Crippen LogP contribution in [0.2, 0.25) is 0 Å². The Morgan fingerprint density at radius 2 is 1.88 bits per heavy atom. The molecule has 7 heteroatoms. The molecule has 0 aromatic heterocycles. The van der Waals surface area contributed by atoms with Crippen LogP contribution < -0.4 is 0 Å². The van der Waals surface area contributed by atoms with Crippen molar-refractivity contribution in [3.8, 4) is 0 Å². The largest absolute Gasteiger partial charge is 0.445 e. The van der Waals surface area contributed by atoms with E-state index in [9.17, 15) is 14.4 Å². The van der Waals surface area contributed by atoms with Crippen molar-refractivity contribution < 1.29 is 23.9 Å². The summed E-state index contributed by atoms with van der Waals surface area (Å²) >= 11 is 0. The lowest BCUT2D eigenvalue weighted by Crippen LogP contribution is -2.41. The fourth-order valence-electron chi connectivity index (χ4n) is 2.49. The summed E-state index contributed by atoms with van der Waals surface area (Å²) in [7, 11) is 0. The van der Waals surface area contributed by atoms with E-state index < -0.39 is 23.8 Å². The number of aldehydes is 1. The van der Waals surface area contributed by atoms with Crippen molar-refractivity contribution >= 4 is 18.5 Å². The van der Waals surface area contributed by atoms with Gasteiger partial charge in [-0.1, -0.05) is 30.3 Å². The maximum absolute atomic E-state index is 12.3. The van der Waals surface area contributed by atoms with E-state index in [0.29, 0.717) is 0 Å². The third kappa shape index (κ3) is 5.48. The standard InChI is InChI=1S/C18H24N2O5/c1-18(2,3)25-17(23)20-13-19(11-15(20)9-10-21)16(22)24-12-14-7-5-4-6-8-14/h4-8,10,15H,9,11-13H2,1-3H3/t15-/m0/s1. The van der Waals surface area contributed by atoms with Crippen molar-refractivity contribution in [2.75, 3.05) is 13.2 Å². The van der Waals surface area contributed by atoms with Gasteiger partial charge in [-0.15, -0.1) is 0 Å². The Kier molecular flexibility index (Phi) is 6.01. The van der Waals surface area contributed by atoms with Gasteiger partial charge in [0.15, 0.2) is 0 Å². The van der Waals surface area contributed by atoms with Crippen LogP contribution in [-0.2, 0) is 20.9 Å². The highest BCUT2D eigenvalue weighted by molar-refractivity contribution is 5.73. The molecular formula is C18H24N2O5. The molecule has 1 atom stereocenters. The van der Waals surface area contributed by atoms with Crippen LogP contribution in [-0.4, -0.2) is 53.1 Å². The molecule has 1 fully saturated rings. The molecule has 1 aliphatic heterocycles. The van der Waals surface area contributed by atoms with Gasteiger partial charge in [0.2, 0.25) is 0 Å². The number of nitrogens with zero attached hydrogens (tertiary/aromatic N) is 2. The van der Waals surface area contributed by atoms with Crippen molar-refractivity contribution in [3.05, 3.63) is 35.9 Å². The summed E-state index contributed by atoms with van der Waals surface area (Å²) in [6, 6.07) is 8.93. The zero-order chi connectivity index (χ0) is 18.4. The number of carbonyl (C=O) groups excluding carboxylic acids is 3. The van der Waals surface area contributed by atoms with Gasteiger partial charge in [0.1, 0.15) is 25.2 Å². The summed E-state index contributed by atoms with van der Waals surface area (Å²) in [5, 5.41) is 0. The van der Waals surface area contributed by atoms with E-state index in [1.54, 1.807) is 20.8 Å². The molecule has 7 nitrogen and oxygen atoms in total. The van der Waals surface area contributed by atoms with Gasteiger partial charge in [0.25, 0.3) is 0 Å². The summed E-state index contributed by atoms with van der Waals surface area (Å²) in [4.78, 5) is 38.2. The lowest BCUT2D eigenvalue weighted by molar-refractivity contribution is -0.108. The molecule has 0 unspecified atom stereocenters. The molecule has 0 bridgehead atoms. The SMILES string of the molecule is CC(C)(C)OC(=O)N1CN(C(=O)OCc2ccccc2)C[C@@H]1CC=O. The molecule has 1 aliphatic rings. The van der Waals surface area contributed by atoms with E-state index in [4.69, 9.17) is 9.47 Å². The highest BCUT2D eigenvalue weighted by Gasteiger charge is 2.38. The summed E-state index contributed by atoms with van der Waals surface area (Å²) < 4.78 is 10.6. The lowest BCUT2D eigenvalue weighted by Gasteiger charge is -2.27. The van der Waals surface area contributed by atoms with E-state index in [1.807, 2.05) is 30.3 Å². The number of hydrogen-bond donors (Lipinski definition) is 0. The monoisotopic (exact) mass is 348 g/mol. The van der Waals surface area contributed by atoms with Crippen LogP contribution in [0.3, 0.4) is 0 Å². The fraction of sp³-hybridized carbons (Fsp3) is 0.500. The molecular weight excluding hydrogens is 324 g/mol. The Morgan fingerprint density at radius 1 is 1.20 bits per heavy atom. The van der Waals surface area contributed by atoms with Crippen molar-refractivity contribution in [2.45, 2.75) is 45.4 Å². The smallest absolute Gasteiger partial charge is 0.412 e. The van der Waals surface area contributed by atoms with Crippen molar-refractivity contribution in [3.63, 3.8) is 0 Å². The van der Waals surface area contributed by atoms with Crippen LogP contribution in [0.1, 0.15) is 32.8 Å². The van der Waals surface area contributed by atoms with E-state index in [0.717, 1.165) is 11.8 Å². The van der Waals surface area contributed by atoms with Crippen LogP contribution in [0.4, 0.5) is 9.59 Å². The van der Waals surface area contributed by atoms with Gasteiger partial charge in [-0.2, -0.15) is 0 Å². The first-order valence-corrected chi connectivity index (χ1v) is 8.19. The van der Waals surface area contributed by atoms with Gasteiger partial charge in [0.05, 0.1) is 6.04 Å². The zero-order valence-corrected chi connectivity index (χ0v) is 14.8. The van der Waals surface area contributed by atoms with Gasteiger partial charge in [0, 0.05) is 13.0 Å². The van der Waals surface area contributed by atoms with E-state index in [2.05, 4.69) is 0 Å². The Bertz CT molecular complexity index is 612. The molecule has 1 aromatic rings. The Balaban J connectivity index is 1.96. The van der Waals surface area contributed by atoms with Gasteiger partial charge >= 0.3 is 12.2 Å². The van der Waals surface area contributed by atoms with Gasteiger partial charge < -0.3 is 14.3 Å². The fourth-order valence-corrected chi connectivity index (χ4v) is 2.49. The normalized spacial score (nSPS) is 17.3. The van der Waals surface area contributed by atoms with Crippen LogP contribution in [0.25, 0.3) is 0 Å². The molecule has 0 radical (unpaired) electrons. The molecule has 25 heavy (non-hydrogen) atoms. The summed E-state index contributed by atoms with van der Waals surface area (Å²) in [6.45, 7) is 5.73. The average Bonchev–Trinajstić information content (AvgIpc) is 2.97. The van der Waals surface area contributed by atoms with Gasteiger partial charge in [-0.25, -0.2) is 9.59 Å². The zero-order valence-electron chi connectivity index (χ0n) is 14.8. The van der Waals surface area contributed by atoms with Crippen molar-refractivity contribution in [2.24, 2.45) is 0 Å². The third-order valence-corrected chi connectivity index (χ3v) is 3.65. The molecule has 136 valence electrons. The summed E-state index contributed by atoms with van der Waals surface area (Å²) in [6.07, 6.45) is -0.189. The molecule has 2 amide bonds. The van der Waals surface area contributed by atoms with Crippen molar-refractivity contribution in [1.82, 2.24) is 9.80 Å². The number of amides is 2. The minimum Gasteiger partial charge on any atom is -0.445 e. The number of carbonyl (C=O) groups is 3. The molecule has 0 aliphatic carbocycles. The van der Waals surface area contributed by atoms with Crippen LogP contribution in [0.15, 0.2) is 30.3 Å². The molecule has 2 rings (SSSR count). The first-order valence-electron chi connectivity index (χ1n) is 8.19. The lowest BCUT2D eigenvalue weighted by atomic mass is 10.2. The second-order valence-corrected chi connectivity index (χ2v) is 6.91. The maximum atomic E-state index is 12.3. The Labute approximate surface area is 147 Å². The van der Waals surface area contributed by atoms with Crippen LogP contribution in [0, 0.1) is 0 Å². The first-order chi connectivity index (χ1) is 11.8. The van der Waals surface area contributed by atoms with E-state index >= 15 is 0 Å². The maximum Gasteiger partial charge on any atom is 0.412 e. The number of ether oxygens (including phenoxy) is 2. The number of benzene rings is 1. The number of rotatable bonds is 4.